The molecular weight excluding hydrogens is 516 g/mol. The van der Waals surface area contributed by atoms with Gasteiger partial charge in [-0.15, -0.1) is 0 Å². The maximum atomic E-state index is 9.95. The lowest BCUT2D eigenvalue weighted by molar-refractivity contribution is 0.403. The minimum atomic E-state index is -0.211. The van der Waals surface area contributed by atoms with E-state index in [4.69, 9.17) is 0 Å². The van der Waals surface area contributed by atoms with Gasteiger partial charge < -0.3 is 62.5 Å². The van der Waals surface area contributed by atoms with Crippen molar-refractivity contribution in [3.63, 3.8) is 0 Å². The SMILES string of the molecule is Cc1cc(O)c(O)cc1NCCNCCNc1cc(O)c(O)cc1NCCNCCNc1cc(O)c(O)cc1C. The number of hydrogen-bond acceptors (Lipinski definition) is 12. The second-order valence-corrected chi connectivity index (χ2v) is 9.41. The lowest BCUT2D eigenvalue weighted by atomic mass is 10.2. The quantitative estimate of drug-likeness (QED) is 0.0702. The molecule has 218 valence electrons. The van der Waals surface area contributed by atoms with Gasteiger partial charge >= 0.3 is 0 Å². The van der Waals surface area contributed by atoms with Gasteiger partial charge in [-0.1, -0.05) is 0 Å². The fourth-order valence-corrected chi connectivity index (χ4v) is 4.00. The second kappa shape index (κ2) is 14.7. The van der Waals surface area contributed by atoms with Gasteiger partial charge in [0.05, 0.1) is 11.4 Å². The van der Waals surface area contributed by atoms with E-state index in [1.165, 1.54) is 36.4 Å². The zero-order valence-corrected chi connectivity index (χ0v) is 22.8. The summed E-state index contributed by atoms with van der Waals surface area (Å²) in [5.41, 5.74) is 4.50. The molecule has 0 radical (unpaired) electrons. The average molecular weight is 557 g/mol. The van der Waals surface area contributed by atoms with Crippen molar-refractivity contribution in [2.24, 2.45) is 0 Å². The molecule has 0 unspecified atom stereocenters. The first-order valence-electron chi connectivity index (χ1n) is 13.1. The highest BCUT2D eigenvalue weighted by Crippen LogP contribution is 2.35. The first kappa shape index (κ1) is 30.1. The van der Waals surface area contributed by atoms with Gasteiger partial charge in [-0.05, 0) is 37.1 Å². The van der Waals surface area contributed by atoms with Crippen molar-refractivity contribution >= 4 is 22.7 Å². The van der Waals surface area contributed by atoms with Crippen molar-refractivity contribution in [2.45, 2.75) is 13.8 Å². The van der Waals surface area contributed by atoms with Crippen LogP contribution >= 0.6 is 0 Å². The van der Waals surface area contributed by atoms with Crippen molar-refractivity contribution in [2.75, 3.05) is 73.6 Å². The first-order valence-corrected chi connectivity index (χ1v) is 13.1. The predicted octanol–water partition coefficient (Wildman–Crippen LogP) is 2.76. The van der Waals surface area contributed by atoms with Crippen molar-refractivity contribution < 1.29 is 30.6 Å². The first-order chi connectivity index (χ1) is 19.2. The number of benzene rings is 3. The van der Waals surface area contributed by atoms with Crippen LogP contribution in [0.15, 0.2) is 36.4 Å². The Labute approximate surface area is 233 Å². The van der Waals surface area contributed by atoms with E-state index in [-0.39, 0.29) is 34.5 Å². The highest BCUT2D eigenvalue weighted by Gasteiger charge is 2.09. The van der Waals surface area contributed by atoms with Crippen LogP contribution in [0.1, 0.15) is 11.1 Å². The number of anilines is 4. The van der Waals surface area contributed by atoms with Crippen molar-refractivity contribution in [3.05, 3.63) is 47.5 Å². The predicted molar refractivity (Wildman–Crippen MR) is 158 cm³/mol. The molecule has 12 nitrogen and oxygen atoms in total. The summed E-state index contributed by atoms with van der Waals surface area (Å²) in [5.74, 6) is -1.04. The Kier molecular flexibility index (Phi) is 11.0. The summed E-state index contributed by atoms with van der Waals surface area (Å²) < 4.78 is 0. The molecule has 0 aliphatic rings. The van der Waals surface area contributed by atoms with Gasteiger partial charge in [0.15, 0.2) is 34.5 Å². The molecule has 3 aromatic rings. The van der Waals surface area contributed by atoms with E-state index in [1.54, 1.807) is 0 Å². The van der Waals surface area contributed by atoms with Crippen LogP contribution in [0.3, 0.4) is 0 Å². The number of nitrogens with one attached hydrogen (secondary N) is 6. The van der Waals surface area contributed by atoms with Crippen molar-refractivity contribution in [1.82, 2.24) is 10.6 Å². The summed E-state index contributed by atoms with van der Waals surface area (Å²) in [4.78, 5) is 0. The van der Waals surface area contributed by atoms with Crippen LogP contribution in [0.4, 0.5) is 22.7 Å². The molecule has 0 amide bonds. The topological polar surface area (TPSA) is 194 Å². The summed E-state index contributed by atoms with van der Waals surface area (Å²) in [5, 5.41) is 77.8. The van der Waals surface area contributed by atoms with Crippen LogP contribution in [-0.2, 0) is 0 Å². The molecule has 0 aliphatic carbocycles. The van der Waals surface area contributed by atoms with E-state index in [0.717, 1.165) is 22.5 Å². The second-order valence-electron chi connectivity index (χ2n) is 9.41. The summed E-state index contributed by atoms with van der Waals surface area (Å²) in [6, 6.07) is 8.96. The van der Waals surface area contributed by atoms with Crippen molar-refractivity contribution in [3.8, 4) is 34.5 Å². The molecule has 0 aromatic heterocycles. The maximum Gasteiger partial charge on any atom is 0.159 e. The summed E-state index contributed by atoms with van der Waals surface area (Å²) >= 11 is 0. The number of phenols is 6. The summed E-state index contributed by atoms with van der Waals surface area (Å²) in [7, 11) is 0. The van der Waals surface area contributed by atoms with Gasteiger partial charge in [0.2, 0.25) is 0 Å². The molecule has 0 spiro atoms. The zero-order valence-electron chi connectivity index (χ0n) is 22.8. The van der Waals surface area contributed by atoms with E-state index in [1.807, 2.05) is 13.8 Å². The van der Waals surface area contributed by atoms with Crippen LogP contribution in [0.25, 0.3) is 0 Å². The lowest BCUT2D eigenvalue weighted by Gasteiger charge is -2.16. The number of phenolic OH excluding ortho intramolecular Hbond substituents is 6. The minimum absolute atomic E-state index is 0.144. The Morgan fingerprint density at radius 2 is 0.625 bits per heavy atom. The average Bonchev–Trinajstić information content (AvgIpc) is 2.90. The van der Waals surface area contributed by atoms with E-state index in [9.17, 15) is 30.6 Å². The van der Waals surface area contributed by atoms with Crippen LogP contribution in [-0.4, -0.2) is 83.0 Å². The van der Waals surface area contributed by atoms with Gasteiger partial charge in [-0.2, -0.15) is 0 Å². The number of rotatable bonds is 16. The van der Waals surface area contributed by atoms with Gasteiger partial charge in [-0.25, -0.2) is 0 Å². The van der Waals surface area contributed by atoms with Crippen LogP contribution in [0, 0.1) is 13.8 Å². The van der Waals surface area contributed by atoms with Gasteiger partial charge in [0, 0.05) is 88.0 Å². The Morgan fingerprint density at radius 3 is 0.950 bits per heavy atom. The number of aromatic hydroxyl groups is 6. The monoisotopic (exact) mass is 556 g/mol. The third-order valence-electron chi connectivity index (χ3n) is 6.23. The Balaban J connectivity index is 1.34. The third-order valence-corrected chi connectivity index (χ3v) is 6.23. The lowest BCUT2D eigenvalue weighted by Crippen LogP contribution is -2.28. The molecule has 0 saturated heterocycles. The molecule has 3 rings (SSSR count). The van der Waals surface area contributed by atoms with Gasteiger partial charge in [-0.3, -0.25) is 0 Å². The van der Waals surface area contributed by atoms with E-state index in [2.05, 4.69) is 31.9 Å². The third kappa shape index (κ3) is 8.82. The zero-order chi connectivity index (χ0) is 29.1. The molecule has 3 aromatic carbocycles. The van der Waals surface area contributed by atoms with E-state index >= 15 is 0 Å². The largest absolute Gasteiger partial charge is 0.504 e. The van der Waals surface area contributed by atoms with Crippen molar-refractivity contribution in [1.29, 1.82) is 0 Å². The Hall–Kier alpha value is -4.42. The Morgan fingerprint density at radius 1 is 0.375 bits per heavy atom. The molecule has 0 fully saturated rings. The number of hydrogen-bond donors (Lipinski definition) is 12. The molecule has 0 saturated carbocycles. The molecular formula is C28H40N6O6. The fourth-order valence-electron chi connectivity index (χ4n) is 4.00. The summed E-state index contributed by atoms with van der Waals surface area (Å²) in [6.07, 6.45) is 0. The fraction of sp³-hybridized carbons (Fsp3) is 0.357. The smallest absolute Gasteiger partial charge is 0.159 e. The van der Waals surface area contributed by atoms with Crippen LogP contribution < -0.4 is 31.9 Å². The molecule has 40 heavy (non-hydrogen) atoms. The molecule has 12 N–H and O–H groups in total. The standard InChI is InChI=1S/C28H40N6O6/c1-17-11-23(35)25(37)13-19(17)31-7-3-29-5-9-33-21-15-27(39)28(40)16-22(21)34-10-6-30-4-8-32-20-14-26(38)24(36)12-18(20)2/h11-16,29-40H,3-10H2,1-2H3. The van der Waals surface area contributed by atoms with E-state index < -0.39 is 0 Å². The molecule has 0 heterocycles. The van der Waals surface area contributed by atoms with E-state index in [0.29, 0.717) is 63.7 Å². The minimum Gasteiger partial charge on any atom is -0.504 e. The molecule has 0 bridgehead atoms. The van der Waals surface area contributed by atoms with Crippen LogP contribution in [0.5, 0.6) is 34.5 Å². The number of aryl methyl sites for hydroxylation is 2. The highest BCUT2D eigenvalue weighted by atomic mass is 16.3. The van der Waals surface area contributed by atoms with Crippen LogP contribution in [0.2, 0.25) is 0 Å². The Bertz CT molecular complexity index is 1180. The summed E-state index contributed by atoms with van der Waals surface area (Å²) in [6.45, 7) is 8.73. The molecule has 12 heteroatoms. The molecule has 0 atom stereocenters. The normalized spacial score (nSPS) is 10.8. The van der Waals surface area contributed by atoms with Gasteiger partial charge in [0.1, 0.15) is 0 Å². The maximum absolute atomic E-state index is 9.95. The highest BCUT2D eigenvalue weighted by molar-refractivity contribution is 5.73. The van der Waals surface area contributed by atoms with Gasteiger partial charge in [0.25, 0.3) is 0 Å². The molecule has 0 aliphatic heterocycles.